The topological polar surface area (TPSA) is 69.6 Å². The second-order valence-corrected chi connectivity index (χ2v) is 2.29. The molecule has 2 aromatic rings. The van der Waals surface area contributed by atoms with Crippen LogP contribution in [0.3, 0.4) is 0 Å². The van der Waals surface area contributed by atoms with Crippen LogP contribution in [0, 0.1) is 0 Å². The molecule has 0 unspecified atom stereocenters. The summed E-state index contributed by atoms with van der Waals surface area (Å²) in [6, 6.07) is 1.71. The van der Waals surface area contributed by atoms with E-state index in [0.29, 0.717) is 16.9 Å². The van der Waals surface area contributed by atoms with E-state index in [1.54, 1.807) is 24.0 Å². The second-order valence-electron chi connectivity index (χ2n) is 2.29. The first kappa shape index (κ1) is 6.09. The highest BCUT2D eigenvalue weighted by Gasteiger charge is 2.03. The van der Waals surface area contributed by atoms with Crippen LogP contribution in [0.15, 0.2) is 12.3 Å². The van der Waals surface area contributed by atoms with Gasteiger partial charge < -0.3 is 5.73 Å². The van der Waals surface area contributed by atoms with E-state index in [-0.39, 0.29) is 0 Å². The van der Waals surface area contributed by atoms with E-state index in [0.717, 1.165) is 0 Å². The molecule has 0 saturated carbocycles. The van der Waals surface area contributed by atoms with E-state index in [4.69, 9.17) is 5.73 Å². The van der Waals surface area contributed by atoms with Gasteiger partial charge >= 0.3 is 0 Å². The maximum Gasteiger partial charge on any atom is 0.180 e. The normalized spacial score (nSPS) is 10.6. The molecule has 0 aliphatic rings. The molecular weight excluding hydrogens is 142 g/mol. The average molecular weight is 149 g/mol. The number of hydrogen-bond donors (Lipinski definition) is 1. The second kappa shape index (κ2) is 1.91. The maximum absolute atomic E-state index is 5.61. The quantitative estimate of drug-likeness (QED) is 0.570. The van der Waals surface area contributed by atoms with Gasteiger partial charge in [0.2, 0.25) is 0 Å². The van der Waals surface area contributed by atoms with Gasteiger partial charge in [-0.15, -0.1) is 5.10 Å². The number of pyridine rings is 1. The summed E-state index contributed by atoms with van der Waals surface area (Å²) in [5.41, 5.74) is 7.60. The third kappa shape index (κ3) is 0.739. The minimum absolute atomic E-state index is 0.614. The molecule has 0 aliphatic heterocycles. The highest BCUT2D eigenvalue weighted by Crippen LogP contribution is 2.13. The predicted octanol–water partition coefficient (Wildman–Crippen LogP) is -0.0545. The lowest BCUT2D eigenvalue weighted by molar-refractivity contribution is 0.730. The Labute approximate surface area is 62.8 Å². The van der Waals surface area contributed by atoms with Crippen LogP contribution in [0.4, 0.5) is 5.69 Å². The summed E-state index contributed by atoms with van der Waals surface area (Å²) in [6.07, 6.45) is 1.64. The van der Waals surface area contributed by atoms with Gasteiger partial charge in [0, 0.05) is 13.2 Å². The molecule has 0 bridgehead atoms. The van der Waals surface area contributed by atoms with Crippen molar-refractivity contribution >= 4 is 16.9 Å². The third-order valence-electron chi connectivity index (χ3n) is 1.52. The van der Waals surface area contributed by atoms with E-state index in [1.807, 2.05) is 0 Å². The van der Waals surface area contributed by atoms with Crippen molar-refractivity contribution in [3.8, 4) is 0 Å². The maximum atomic E-state index is 5.61. The lowest BCUT2D eigenvalue weighted by atomic mass is 10.4. The fourth-order valence-electron chi connectivity index (χ4n) is 0.951. The zero-order valence-corrected chi connectivity index (χ0v) is 6.02. The Kier molecular flexibility index (Phi) is 1.06. The molecule has 0 amide bonds. The molecule has 2 heterocycles. The van der Waals surface area contributed by atoms with E-state index < -0.39 is 0 Å². The van der Waals surface area contributed by atoms with Gasteiger partial charge in [0.15, 0.2) is 11.2 Å². The summed E-state index contributed by atoms with van der Waals surface area (Å²) in [5, 5.41) is 7.62. The van der Waals surface area contributed by atoms with Crippen LogP contribution in [0.5, 0.6) is 0 Å². The first-order valence-corrected chi connectivity index (χ1v) is 3.19. The molecule has 0 saturated heterocycles. The Hall–Kier alpha value is -1.65. The Bertz CT molecular complexity index is 391. The van der Waals surface area contributed by atoms with Crippen molar-refractivity contribution in [3.63, 3.8) is 0 Å². The van der Waals surface area contributed by atoms with Gasteiger partial charge in [-0.3, -0.25) is 0 Å². The van der Waals surface area contributed by atoms with Crippen molar-refractivity contribution in [2.75, 3.05) is 5.73 Å². The molecule has 2 aromatic heterocycles. The molecule has 0 spiro atoms. The number of anilines is 1. The summed E-state index contributed by atoms with van der Waals surface area (Å²) in [4.78, 5) is 4.06. The van der Waals surface area contributed by atoms with Gasteiger partial charge in [-0.05, 0) is 6.07 Å². The number of nitrogens with two attached hydrogens (primary N) is 1. The van der Waals surface area contributed by atoms with Gasteiger partial charge in [-0.1, -0.05) is 5.21 Å². The van der Waals surface area contributed by atoms with Crippen LogP contribution >= 0.6 is 0 Å². The molecule has 56 valence electrons. The Morgan fingerprint density at radius 2 is 2.36 bits per heavy atom. The third-order valence-corrected chi connectivity index (χ3v) is 1.52. The first-order chi connectivity index (χ1) is 5.29. The van der Waals surface area contributed by atoms with Crippen molar-refractivity contribution in [1.29, 1.82) is 0 Å². The van der Waals surface area contributed by atoms with Crippen molar-refractivity contribution in [3.05, 3.63) is 12.3 Å². The summed E-state index contributed by atoms with van der Waals surface area (Å²) in [6.45, 7) is 0. The lowest BCUT2D eigenvalue weighted by Gasteiger charge is -1.91. The van der Waals surface area contributed by atoms with Gasteiger partial charge in [-0.2, -0.15) is 0 Å². The SMILES string of the molecule is Cn1nnc2c(N)ccnc21. The number of rotatable bonds is 0. The number of fused-ring (bicyclic) bond motifs is 1. The number of aryl methyl sites for hydroxylation is 1. The molecule has 11 heavy (non-hydrogen) atoms. The monoisotopic (exact) mass is 149 g/mol. The zero-order chi connectivity index (χ0) is 7.84. The standard InChI is InChI=1S/C6H7N5/c1-11-6-5(9-10-11)4(7)2-3-8-6/h2-3H,1H3,(H2,7,8). The molecule has 5 nitrogen and oxygen atoms in total. The van der Waals surface area contributed by atoms with Crippen molar-refractivity contribution in [1.82, 2.24) is 20.0 Å². The highest BCUT2D eigenvalue weighted by molar-refractivity contribution is 5.82. The fraction of sp³-hybridized carbons (Fsp3) is 0.167. The van der Waals surface area contributed by atoms with Crippen LogP contribution in [0.2, 0.25) is 0 Å². The molecule has 0 fully saturated rings. The van der Waals surface area contributed by atoms with Crippen LogP contribution < -0.4 is 5.73 Å². The number of aromatic nitrogens is 4. The van der Waals surface area contributed by atoms with Crippen molar-refractivity contribution < 1.29 is 0 Å². The molecule has 2 rings (SSSR count). The smallest absolute Gasteiger partial charge is 0.180 e. The molecule has 0 aromatic carbocycles. The lowest BCUT2D eigenvalue weighted by Crippen LogP contribution is -1.92. The van der Waals surface area contributed by atoms with Crippen LogP contribution in [0.25, 0.3) is 11.2 Å². The Morgan fingerprint density at radius 1 is 1.55 bits per heavy atom. The van der Waals surface area contributed by atoms with Gasteiger partial charge in [0.25, 0.3) is 0 Å². The summed E-state index contributed by atoms with van der Waals surface area (Å²) in [5.74, 6) is 0. The summed E-state index contributed by atoms with van der Waals surface area (Å²) < 4.78 is 1.59. The molecule has 0 radical (unpaired) electrons. The van der Waals surface area contributed by atoms with Crippen LogP contribution in [-0.2, 0) is 7.05 Å². The molecule has 0 aliphatic carbocycles. The largest absolute Gasteiger partial charge is 0.397 e. The van der Waals surface area contributed by atoms with E-state index in [1.165, 1.54) is 0 Å². The molecule has 2 N–H and O–H groups in total. The Morgan fingerprint density at radius 3 is 3.09 bits per heavy atom. The van der Waals surface area contributed by atoms with Crippen molar-refractivity contribution in [2.45, 2.75) is 0 Å². The average Bonchev–Trinajstić information content (AvgIpc) is 2.35. The van der Waals surface area contributed by atoms with E-state index in [2.05, 4.69) is 15.3 Å². The summed E-state index contributed by atoms with van der Waals surface area (Å²) >= 11 is 0. The zero-order valence-electron chi connectivity index (χ0n) is 6.02. The minimum Gasteiger partial charge on any atom is -0.397 e. The van der Waals surface area contributed by atoms with E-state index in [9.17, 15) is 0 Å². The highest BCUT2D eigenvalue weighted by atomic mass is 15.4. The molecule has 0 atom stereocenters. The number of nitrogen functional groups attached to an aromatic ring is 1. The fourth-order valence-corrected chi connectivity index (χ4v) is 0.951. The molecule has 5 heteroatoms. The van der Waals surface area contributed by atoms with Crippen molar-refractivity contribution in [2.24, 2.45) is 7.05 Å². The van der Waals surface area contributed by atoms with Crippen LogP contribution in [-0.4, -0.2) is 20.0 Å². The van der Waals surface area contributed by atoms with Gasteiger partial charge in [0.1, 0.15) is 0 Å². The predicted molar refractivity (Wildman–Crippen MR) is 40.7 cm³/mol. The molecular formula is C6H7N5. The van der Waals surface area contributed by atoms with Gasteiger partial charge in [0.05, 0.1) is 5.69 Å². The Balaban J connectivity index is 2.94. The van der Waals surface area contributed by atoms with Crippen LogP contribution in [0.1, 0.15) is 0 Å². The first-order valence-electron chi connectivity index (χ1n) is 3.19. The van der Waals surface area contributed by atoms with Gasteiger partial charge in [-0.25, -0.2) is 9.67 Å². The number of hydrogen-bond acceptors (Lipinski definition) is 4. The van der Waals surface area contributed by atoms with E-state index >= 15 is 0 Å². The minimum atomic E-state index is 0.614. The summed E-state index contributed by atoms with van der Waals surface area (Å²) in [7, 11) is 1.78. The number of nitrogens with zero attached hydrogens (tertiary/aromatic N) is 4.